The topological polar surface area (TPSA) is 48.0 Å². The number of nitrogens with zero attached hydrogens (tertiary/aromatic N) is 1. The molecule has 0 N–H and O–H groups in total. The third-order valence-electron chi connectivity index (χ3n) is 5.66. The van der Waals surface area contributed by atoms with Gasteiger partial charge in [-0.1, -0.05) is 11.6 Å². The highest BCUT2D eigenvalue weighted by atomic mass is 16.7. The lowest BCUT2D eigenvalue weighted by Gasteiger charge is -2.33. The summed E-state index contributed by atoms with van der Waals surface area (Å²) in [6.07, 6.45) is 0. The molecule has 1 unspecified atom stereocenters. The number of hydrogen-bond donors (Lipinski definition) is 0. The Labute approximate surface area is 150 Å². The quantitative estimate of drug-likeness (QED) is 0.771. The largest absolute Gasteiger partial charge is 0.495 e. The van der Waals surface area contributed by atoms with E-state index in [-0.39, 0.29) is 11.9 Å². The number of benzene rings is 1. The highest BCUT2D eigenvalue weighted by Crippen LogP contribution is 2.36. The Hall–Kier alpha value is -1.37. The smallest absolute Gasteiger partial charge is 0.399 e. The molecule has 1 aromatic rings. The standard InChI is InChI=1S/C19H28BNO4/c1-13-7-8-15(17(22)21-9-10-23-12-14(21)2)11-16(13)20-24-18(3,4)19(5,6)25-20/h7-8,11,14H,9-10,12H2,1-6H3. The molecular weight excluding hydrogens is 317 g/mol. The normalized spacial score (nSPS) is 25.3. The third kappa shape index (κ3) is 3.35. The Balaban J connectivity index is 1.88. The summed E-state index contributed by atoms with van der Waals surface area (Å²) in [5, 5.41) is 0. The minimum absolute atomic E-state index is 0.0357. The molecule has 2 saturated heterocycles. The molecule has 6 heteroatoms. The maximum absolute atomic E-state index is 12.9. The second-order valence-electron chi connectivity index (χ2n) is 8.08. The summed E-state index contributed by atoms with van der Waals surface area (Å²) in [5.74, 6) is 0.0357. The minimum Gasteiger partial charge on any atom is -0.399 e. The highest BCUT2D eigenvalue weighted by molar-refractivity contribution is 6.62. The second kappa shape index (κ2) is 6.42. The van der Waals surface area contributed by atoms with E-state index in [9.17, 15) is 4.79 Å². The summed E-state index contributed by atoms with van der Waals surface area (Å²) in [4.78, 5) is 14.8. The molecule has 1 aromatic carbocycles. The van der Waals surface area contributed by atoms with Gasteiger partial charge in [-0.25, -0.2) is 0 Å². The number of carbonyl (C=O) groups is 1. The van der Waals surface area contributed by atoms with Crippen molar-refractivity contribution in [2.45, 2.75) is 58.8 Å². The first-order chi connectivity index (χ1) is 11.6. The van der Waals surface area contributed by atoms with E-state index in [1.165, 1.54) is 0 Å². The van der Waals surface area contributed by atoms with Crippen LogP contribution in [0.25, 0.3) is 0 Å². The monoisotopic (exact) mass is 345 g/mol. The Morgan fingerprint density at radius 2 is 1.84 bits per heavy atom. The molecule has 0 aliphatic carbocycles. The van der Waals surface area contributed by atoms with Gasteiger partial charge in [-0.05, 0) is 59.1 Å². The Morgan fingerprint density at radius 3 is 2.44 bits per heavy atom. The zero-order valence-corrected chi connectivity index (χ0v) is 16.1. The average molecular weight is 345 g/mol. The minimum atomic E-state index is -0.458. The number of aryl methyl sites for hydroxylation is 1. The van der Waals surface area contributed by atoms with Gasteiger partial charge in [-0.2, -0.15) is 0 Å². The Morgan fingerprint density at radius 1 is 1.20 bits per heavy atom. The third-order valence-corrected chi connectivity index (χ3v) is 5.66. The highest BCUT2D eigenvalue weighted by Gasteiger charge is 2.52. The number of ether oxygens (including phenoxy) is 1. The van der Waals surface area contributed by atoms with Gasteiger partial charge in [0, 0.05) is 12.1 Å². The van der Waals surface area contributed by atoms with Crippen molar-refractivity contribution in [2.24, 2.45) is 0 Å². The van der Waals surface area contributed by atoms with Crippen LogP contribution in [0.1, 0.15) is 50.5 Å². The van der Waals surface area contributed by atoms with Crippen molar-refractivity contribution in [2.75, 3.05) is 19.8 Å². The van der Waals surface area contributed by atoms with Crippen LogP contribution >= 0.6 is 0 Å². The molecule has 2 aliphatic rings. The first-order valence-corrected chi connectivity index (χ1v) is 8.97. The van der Waals surface area contributed by atoms with Gasteiger partial charge >= 0.3 is 7.12 Å². The predicted molar refractivity (Wildman–Crippen MR) is 98.2 cm³/mol. The lowest BCUT2D eigenvalue weighted by atomic mass is 9.75. The molecule has 2 fully saturated rings. The zero-order valence-electron chi connectivity index (χ0n) is 16.1. The molecule has 2 heterocycles. The fraction of sp³-hybridized carbons (Fsp3) is 0.632. The predicted octanol–water partition coefficient (Wildman–Crippen LogP) is 2.16. The van der Waals surface area contributed by atoms with Crippen molar-refractivity contribution < 1.29 is 18.8 Å². The Kier molecular flexibility index (Phi) is 4.73. The molecule has 0 radical (unpaired) electrons. The first-order valence-electron chi connectivity index (χ1n) is 8.97. The van der Waals surface area contributed by atoms with Crippen LogP contribution in [0, 0.1) is 6.92 Å². The van der Waals surface area contributed by atoms with E-state index in [4.69, 9.17) is 14.0 Å². The van der Waals surface area contributed by atoms with Crippen LogP contribution < -0.4 is 5.46 Å². The molecule has 136 valence electrons. The van der Waals surface area contributed by atoms with Crippen LogP contribution in [0.4, 0.5) is 0 Å². The molecule has 0 spiro atoms. The fourth-order valence-electron chi connectivity index (χ4n) is 3.19. The molecule has 0 bridgehead atoms. The summed E-state index contributed by atoms with van der Waals surface area (Å²) in [6, 6.07) is 5.86. The summed E-state index contributed by atoms with van der Waals surface area (Å²) in [5.41, 5.74) is 1.85. The molecule has 3 rings (SSSR count). The van der Waals surface area contributed by atoms with Crippen molar-refractivity contribution in [1.82, 2.24) is 4.90 Å². The van der Waals surface area contributed by atoms with Gasteiger partial charge in [0.15, 0.2) is 0 Å². The molecule has 0 aromatic heterocycles. The van der Waals surface area contributed by atoms with Gasteiger partial charge in [-0.3, -0.25) is 4.79 Å². The van der Waals surface area contributed by atoms with E-state index in [0.29, 0.717) is 25.3 Å². The van der Waals surface area contributed by atoms with Gasteiger partial charge in [0.1, 0.15) is 0 Å². The maximum Gasteiger partial charge on any atom is 0.495 e. The van der Waals surface area contributed by atoms with E-state index in [0.717, 1.165) is 11.0 Å². The first kappa shape index (κ1) is 18.4. The molecule has 2 aliphatic heterocycles. The fourth-order valence-corrected chi connectivity index (χ4v) is 3.19. The van der Waals surface area contributed by atoms with Crippen molar-refractivity contribution >= 4 is 18.5 Å². The van der Waals surface area contributed by atoms with Gasteiger partial charge in [-0.15, -0.1) is 0 Å². The number of amides is 1. The molecule has 0 saturated carbocycles. The SMILES string of the molecule is Cc1ccc(C(=O)N2CCOCC2C)cc1B1OC(C)(C)C(C)(C)O1. The Bertz CT molecular complexity index is 657. The van der Waals surface area contributed by atoms with Crippen LogP contribution in [0.2, 0.25) is 0 Å². The van der Waals surface area contributed by atoms with Crippen LogP contribution in [0.3, 0.4) is 0 Å². The van der Waals surface area contributed by atoms with Crippen molar-refractivity contribution in [3.05, 3.63) is 29.3 Å². The van der Waals surface area contributed by atoms with Gasteiger partial charge < -0.3 is 18.9 Å². The molecular formula is C19H28BNO4. The van der Waals surface area contributed by atoms with E-state index >= 15 is 0 Å². The van der Waals surface area contributed by atoms with Crippen molar-refractivity contribution in [1.29, 1.82) is 0 Å². The molecule has 1 atom stereocenters. The summed E-state index contributed by atoms with van der Waals surface area (Å²) in [7, 11) is -0.458. The number of carbonyl (C=O) groups excluding carboxylic acids is 1. The van der Waals surface area contributed by atoms with Crippen molar-refractivity contribution in [3.63, 3.8) is 0 Å². The van der Waals surface area contributed by atoms with Crippen LogP contribution in [-0.2, 0) is 14.0 Å². The van der Waals surface area contributed by atoms with E-state index < -0.39 is 18.3 Å². The van der Waals surface area contributed by atoms with E-state index in [2.05, 4.69) is 0 Å². The van der Waals surface area contributed by atoms with E-state index in [1.54, 1.807) is 0 Å². The lowest BCUT2D eigenvalue weighted by molar-refractivity contribution is 0.00360. The molecule has 25 heavy (non-hydrogen) atoms. The van der Waals surface area contributed by atoms with Gasteiger partial charge in [0.05, 0.1) is 30.5 Å². The lowest BCUT2D eigenvalue weighted by Crippen LogP contribution is -2.47. The summed E-state index contributed by atoms with van der Waals surface area (Å²) in [6.45, 7) is 14.0. The molecule has 1 amide bonds. The van der Waals surface area contributed by atoms with Crippen molar-refractivity contribution in [3.8, 4) is 0 Å². The number of morpholine rings is 1. The molecule has 5 nitrogen and oxygen atoms in total. The summed E-state index contributed by atoms with van der Waals surface area (Å²) >= 11 is 0. The van der Waals surface area contributed by atoms with Gasteiger partial charge in [0.25, 0.3) is 5.91 Å². The maximum atomic E-state index is 12.9. The van der Waals surface area contributed by atoms with Crippen LogP contribution in [0.5, 0.6) is 0 Å². The van der Waals surface area contributed by atoms with Crippen LogP contribution in [-0.4, -0.2) is 54.9 Å². The second-order valence-corrected chi connectivity index (χ2v) is 8.08. The summed E-state index contributed by atoms with van der Waals surface area (Å²) < 4.78 is 17.8. The van der Waals surface area contributed by atoms with Gasteiger partial charge in [0.2, 0.25) is 0 Å². The van der Waals surface area contributed by atoms with Crippen LogP contribution in [0.15, 0.2) is 18.2 Å². The number of rotatable bonds is 2. The average Bonchev–Trinajstić information content (AvgIpc) is 2.75. The van der Waals surface area contributed by atoms with E-state index in [1.807, 2.05) is 64.6 Å². The number of hydrogen-bond acceptors (Lipinski definition) is 4. The zero-order chi connectivity index (χ0) is 18.4.